The first-order valence-electron chi connectivity index (χ1n) is 7.05. The summed E-state index contributed by atoms with van der Waals surface area (Å²) in [6, 6.07) is 15.4. The number of amides is 1. The molecule has 4 nitrogen and oxygen atoms in total. The van der Waals surface area contributed by atoms with Crippen LogP contribution < -0.4 is 15.8 Å². The number of hydrogen-bond donors (Lipinski definition) is 2. The molecule has 1 aliphatic heterocycles. The Bertz CT molecular complexity index is 637. The van der Waals surface area contributed by atoms with Gasteiger partial charge in [0.15, 0.2) is 0 Å². The lowest BCUT2D eigenvalue weighted by Gasteiger charge is -2.24. The molecule has 1 atom stereocenters. The lowest BCUT2D eigenvalue weighted by atomic mass is 9.96. The summed E-state index contributed by atoms with van der Waals surface area (Å²) in [7, 11) is 0. The van der Waals surface area contributed by atoms with E-state index in [0.29, 0.717) is 13.2 Å². The highest BCUT2D eigenvalue weighted by atomic mass is 16.5. The van der Waals surface area contributed by atoms with Crippen molar-refractivity contribution in [1.82, 2.24) is 5.32 Å². The topological polar surface area (TPSA) is 64.3 Å². The van der Waals surface area contributed by atoms with Crippen LogP contribution in [0.5, 0.6) is 5.75 Å². The molecule has 0 aliphatic carbocycles. The van der Waals surface area contributed by atoms with E-state index in [0.717, 1.165) is 29.0 Å². The molecule has 3 N–H and O–H groups in total. The number of nitrogen functional groups attached to an aromatic ring is 1. The fourth-order valence-corrected chi connectivity index (χ4v) is 2.47. The van der Waals surface area contributed by atoms with Crippen molar-refractivity contribution in [2.24, 2.45) is 5.92 Å². The molecule has 2 aromatic carbocycles. The molecule has 0 fully saturated rings. The molecule has 0 spiro atoms. The van der Waals surface area contributed by atoms with Crippen LogP contribution in [0.15, 0.2) is 48.5 Å². The van der Waals surface area contributed by atoms with Crippen LogP contribution in [0.4, 0.5) is 5.69 Å². The van der Waals surface area contributed by atoms with Crippen LogP contribution in [0.3, 0.4) is 0 Å². The van der Waals surface area contributed by atoms with Gasteiger partial charge in [-0.25, -0.2) is 0 Å². The molecular formula is C17H18N2O2. The third kappa shape index (κ3) is 3.16. The summed E-state index contributed by atoms with van der Waals surface area (Å²) >= 11 is 0. The van der Waals surface area contributed by atoms with Crippen LogP contribution in [0, 0.1) is 5.92 Å². The van der Waals surface area contributed by atoms with Crippen molar-refractivity contribution in [1.29, 1.82) is 0 Å². The van der Waals surface area contributed by atoms with Crippen LogP contribution in [0.1, 0.15) is 11.1 Å². The molecule has 21 heavy (non-hydrogen) atoms. The molecule has 4 heteroatoms. The van der Waals surface area contributed by atoms with Crippen molar-refractivity contribution >= 4 is 11.6 Å². The number of nitrogens with two attached hydrogens (primary N) is 1. The van der Waals surface area contributed by atoms with Crippen LogP contribution in [0.2, 0.25) is 0 Å². The van der Waals surface area contributed by atoms with Crippen molar-refractivity contribution < 1.29 is 9.53 Å². The fraction of sp³-hybridized carbons (Fsp3) is 0.235. The number of benzene rings is 2. The molecular weight excluding hydrogens is 264 g/mol. The summed E-state index contributed by atoms with van der Waals surface area (Å²) < 4.78 is 5.65. The molecule has 0 radical (unpaired) electrons. The quantitative estimate of drug-likeness (QED) is 0.848. The van der Waals surface area contributed by atoms with Gasteiger partial charge in [-0.2, -0.15) is 0 Å². The first-order chi connectivity index (χ1) is 10.2. The zero-order valence-electron chi connectivity index (χ0n) is 11.7. The van der Waals surface area contributed by atoms with Gasteiger partial charge < -0.3 is 15.8 Å². The van der Waals surface area contributed by atoms with E-state index < -0.39 is 0 Å². The van der Waals surface area contributed by atoms with Gasteiger partial charge in [-0.05, 0) is 35.7 Å². The Balaban J connectivity index is 1.58. The number of rotatable bonds is 3. The maximum atomic E-state index is 12.2. The first-order valence-corrected chi connectivity index (χ1v) is 7.05. The van der Waals surface area contributed by atoms with E-state index in [4.69, 9.17) is 10.5 Å². The van der Waals surface area contributed by atoms with Crippen LogP contribution in [-0.2, 0) is 17.8 Å². The largest absolute Gasteiger partial charge is 0.492 e. The summed E-state index contributed by atoms with van der Waals surface area (Å²) in [6.45, 7) is 0.946. The summed E-state index contributed by atoms with van der Waals surface area (Å²) in [4.78, 5) is 12.2. The third-order valence-electron chi connectivity index (χ3n) is 3.70. The van der Waals surface area contributed by atoms with E-state index in [1.807, 2.05) is 48.5 Å². The minimum atomic E-state index is -0.131. The standard InChI is InChI=1S/C17H18N2O2/c18-15-7-5-12(6-8-15)10-19-17(20)14-9-13-3-1-2-4-16(13)21-11-14/h1-8,14H,9-11,18H2,(H,19,20). The van der Waals surface area contributed by atoms with Gasteiger partial charge in [-0.15, -0.1) is 0 Å². The fourth-order valence-electron chi connectivity index (χ4n) is 2.47. The lowest BCUT2D eigenvalue weighted by molar-refractivity contribution is -0.126. The van der Waals surface area contributed by atoms with Crippen molar-refractivity contribution in [2.45, 2.75) is 13.0 Å². The smallest absolute Gasteiger partial charge is 0.227 e. The molecule has 3 rings (SSSR count). The third-order valence-corrected chi connectivity index (χ3v) is 3.70. The number of hydrogen-bond acceptors (Lipinski definition) is 3. The number of ether oxygens (including phenoxy) is 1. The number of para-hydroxylation sites is 1. The highest BCUT2D eigenvalue weighted by molar-refractivity contribution is 5.79. The van der Waals surface area contributed by atoms with Gasteiger partial charge in [0.2, 0.25) is 5.91 Å². The van der Waals surface area contributed by atoms with E-state index in [1.165, 1.54) is 0 Å². The van der Waals surface area contributed by atoms with E-state index in [-0.39, 0.29) is 11.8 Å². The summed E-state index contributed by atoms with van der Waals surface area (Å²) in [6.07, 6.45) is 0.726. The van der Waals surface area contributed by atoms with Crippen LogP contribution in [-0.4, -0.2) is 12.5 Å². The molecule has 1 heterocycles. The summed E-state index contributed by atoms with van der Waals surface area (Å²) in [5.74, 6) is 0.787. The van der Waals surface area contributed by atoms with Crippen LogP contribution in [0.25, 0.3) is 0 Å². The first kappa shape index (κ1) is 13.5. The normalized spacial score (nSPS) is 16.7. The second-order valence-corrected chi connectivity index (χ2v) is 5.28. The maximum Gasteiger partial charge on any atom is 0.227 e. The van der Waals surface area contributed by atoms with Crippen molar-refractivity contribution in [3.63, 3.8) is 0 Å². The SMILES string of the molecule is Nc1ccc(CNC(=O)C2COc3ccccc3C2)cc1. The Hall–Kier alpha value is -2.49. The zero-order valence-corrected chi connectivity index (χ0v) is 11.7. The van der Waals surface area contributed by atoms with Crippen molar-refractivity contribution in [3.05, 3.63) is 59.7 Å². The minimum absolute atomic E-state index is 0.0290. The predicted molar refractivity (Wildman–Crippen MR) is 81.8 cm³/mol. The average molecular weight is 282 g/mol. The van der Waals surface area contributed by atoms with Crippen molar-refractivity contribution in [2.75, 3.05) is 12.3 Å². The van der Waals surface area contributed by atoms with Gasteiger partial charge in [0, 0.05) is 12.2 Å². The number of fused-ring (bicyclic) bond motifs is 1. The number of nitrogens with one attached hydrogen (secondary N) is 1. The second kappa shape index (κ2) is 5.87. The molecule has 1 unspecified atom stereocenters. The maximum absolute atomic E-state index is 12.2. The summed E-state index contributed by atoms with van der Waals surface area (Å²) in [5.41, 5.74) is 8.50. The molecule has 108 valence electrons. The Kier molecular flexibility index (Phi) is 3.77. The van der Waals surface area contributed by atoms with E-state index in [2.05, 4.69) is 5.32 Å². The van der Waals surface area contributed by atoms with E-state index >= 15 is 0 Å². The average Bonchev–Trinajstić information content (AvgIpc) is 2.53. The van der Waals surface area contributed by atoms with E-state index in [1.54, 1.807) is 0 Å². The van der Waals surface area contributed by atoms with Crippen LogP contribution >= 0.6 is 0 Å². The number of carbonyl (C=O) groups is 1. The van der Waals surface area contributed by atoms with Gasteiger partial charge in [-0.1, -0.05) is 30.3 Å². The van der Waals surface area contributed by atoms with Gasteiger partial charge >= 0.3 is 0 Å². The number of anilines is 1. The van der Waals surface area contributed by atoms with Gasteiger partial charge in [-0.3, -0.25) is 4.79 Å². The Morgan fingerprint density at radius 1 is 1.19 bits per heavy atom. The Morgan fingerprint density at radius 2 is 1.95 bits per heavy atom. The van der Waals surface area contributed by atoms with Crippen molar-refractivity contribution in [3.8, 4) is 5.75 Å². The molecule has 2 aromatic rings. The minimum Gasteiger partial charge on any atom is -0.492 e. The predicted octanol–water partition coefficient (Wildman–Crippen LogP) is 2.14. The second-order valence-electron chi connectivity index (χ2n) is 5.28. The molecule has 0 bridgehead atoms. The van der Waals surface area contributed by atoms with Gasteiger partial charge in [0.1, 0.15) is 12.4 Å². The highest BCUT2D eigenvalue weighted by Crippen LogP contribution is 2.26. The van der Waals surface area contributed by atoms with Gasteiger partial charge in [0.25, 0.3) is 0 Å². The Morgan fingerprint density at radius 3 is 2.76 bits per heavy atom. The monoisotopic (exact) mass is 282 g/mol. The number of carbonyl (C=O) groups excluding carboxylic acids is 1. The molecule has 0 saturated heterocycles. The van der Waals surface area contributed by atoms with Gasteiger partial charge in [0.05, 0.1) is 5.92 Å². The Labute approximate surface area is 123 Å². The molecule has 1 amide bonds. The molecule has 1 aliphatic rings. The lowest BCUT2D eigenvalue weighted by Crippen LogP contribution is -2.37. The molecule has 0 aromatic heterocycles. The highest BCUT2D eigenvalue weighted by Gasteiger charge is 2.25. The van der Waals surface area contributed by atoms with E-state index in [9.17, 15) is 4.79 Å². The zero-order chi connectivity index (χ0) is 14.7. The molecule has 0 saturated carbocycles. The summed E-state index contributed by atoms with van der Waals surface area (Å²) in [5, 5.41) is 2.96.